The van der Waals surface area contributed by atoms with Crippen molar-refractivity contribution in [2.75, 3.05) is 32.0 Å². The van der Waals surface area contributed by atoms with Crippen LogP contribution in [0.5, 0.6) is 11.5 Å². The van der Waals surface area contributed by atoms with Crippen molar-refractivity contribution in [2.24, 2.45) is 0 Å². The van der Waals surface area contributed by atoms with Gasteiger partial charge in [-0.2, -0.15) is 0 Å². The van der Waals surface area contributed by atoms with Crippen LogP contribution in [0.1, 0.15) is 15.9 Å². The number of anilines is 1. The zero-order chi connectivity index (χ0) is 23.2. The van der Waals surface area contributed by atoms with Crippen LogP contribution < -0.4 is 10.1 Å². The lowest BCUT2D eigenvalue weighted by Gasteiger charge is -2.44. The summed E-state index contributed by atoms with van der Waals surface area (Å²) in [7, 11) is 1.96. The summed E-state index contributed by atoms with van der Waals surface area (Å²) in [6.45, 7) is 2.83. The summed E-state index contributed by atoms with van der Waals surface area (Å²) in [6.07, 6.45) is 0. The van der Waals surface area contributed by atoms with Crippen molar-refractivity contribution >= 4 is 17.6 Å². The maximum atomic E-state index is 12.5. The molecule has 1 aliphatic rings. The Hall–Kier alpha value is -3.68. The summed E-state index contributed by atoms with van der Waals surface area (Å²) in [6, 6.07) is 24.2. The quantitative estimate of drug-likeness (QED) is 0.519. The van der Waals surface area contributed by atoms with Gasteiger partial charge in [-0.25, -0.2) is 4.79 Å². The molecule has 3 aromatic carbocycles. The highest BCUT2D eigenvalue weighted by Gasteiger charge is 2.30. The van der Waals surface area contributed by atoms with E-state index in [9.17, 15) is 9.59 Å². The van der Waals surface area contributed by atoms with Crippen LogP contribution in [0.15, 0.2) is 78.9 Å². The molecule has 0 saturated carbocycles. The number of likely N-dealkylation sites (N-methyl/N-ethyl adjacent to an activating group) is 1. The van der Waals surface area contributed by atoms with Gasteiger partial charge in [0.1, 0.15) is 11.5 Å². The molecule has 0 spiro atoms. The van der Waals surface area contributed by atoms with Gasteiger partial charge in [0.15, 0.2) is 0 Å². The van der Waals surface area contributed by atoms with Gasteiger partial charge in [-0.1, -0.05) is 30.3 Å². The molecule has 7 nitrogen and oxygen atoms in total. The number of hydrogen-bond acceptors (Lipinski definition) is 5. The van der Waals surface area contributed by atoms with Crippen LogP contribution >= 0.6 is 0 Å². The smallest absolute Gasteiger partial charge is 0.335 e. The first-order chi connectivity index (χ1) is 16.0. The van der Waals surface area contributed by atoms with Gasteiger partial charge in [-0.15, -0.1) is 0 Å². The molecular weight excluding hydrogens is 418 g/mol. The average Bonchev–Trinajstić information content (AvgIpc) is 2.78. The number of rotatable bonds is 9. The molecule has 0 aliphatic carbocycles. The van der Waals surface area contributed by atoms with Gasteiger partial charge in [0.25, 0.3) is 0 Å². The fourth-order valence-corrected chi connectivity index (χ4v) is 3.75. The van der Waals surface area contributed by atoms with Crippen molar-refractivity contribution in [1.29, 1.82) is 0 Å². The zero-order valence-corrected chi connectivity index (χ0v) is 18.5. The third kappa shape index (κ3) is 6.19. The van der Waals surface area contributed by atoms with Gasteiger partial charge in [0.05, 0.1) is 12.1 Å². The van der Waals surface area contributed by atoms with E-state index < -0.39 is 5.97 Å². The molecule has 0 radical (unpaired) electrons. The first-order valence-corrected chi connectivity index (χ1v) is 10.8. The predicted molar refractivity (Wildman–Crippen MR) is 127 cm³/mol. The van der Waals surface area contributed by atoms with Crippen LogP contribution in [0.4, 0.5) is 5.69 Å². The molecule has 1 amide bonds. The first kappa shape index (κ1) is 22.5. The number of likely N-dealkylation sites (tertiary alicyclic amines) is 1. The number of para-hydroxylation sites is 1. The maximum Gasteiger partial charge on any atom is 0.335 e. The van der Waals surface area contributed by atoms with E-state index >= 15 is 0 Å². The third-order valence-corrected chi connectivity index (χ3v) is 5.68. The Morgan fingerprint density at radius 3 is 2.24 bits per heavy atom. The molecule has 0 aromatic heterocycles. The number of ether oxygens (including phenoxy) is 1. The van der Waals surface area contributed by atoms with E-state index in [1.165, 1.54) is 0 Å². The lowest BCUT2D eigenvalue weighted by Crippen LogP contribution is -2.58. The lowest BCUT2D eigenvalue weighted by atomic mass is 10.0. The number of nitrogens with one attached hydrogen (secondary N) is 1. The summed E-state index contributed by atoms with van der Waals surface area (Å²) in [5.41, 5.74) is 2.11. The lowest BCUT2D eigenvalue weighted by molar-refractivity contribution is -0.118. The minimum Gasteiger partial charge on any atom is -0.478 e. The van der Waals surface area contributed by atoms with Gasteiger partial charge in [0.2, 0.25) is 5.91 Å². The standard InChI is InChI=1S/C26H27N3O4/c1-28(22-16-29(17-22)15-19-7-9-20(10-8-19)26(31)32)18-25(30)27-21-11-13-24(14-12-21)33-23-5-3-2-4-6-23/h2-14,22H,15-18H2,1H3,(H,27,30)(H,31,32). The van der Waals surface area contributed by atoms with Crippen molar-refractivity contribution in [2.45, 2.75) is 12.6 Å². The molecule has 4 rings (SSSR count). The second-order valence-electron chi connectivity index (χ2n) is 8.25. The van der Waals surface area contributed by atoms with Gasteiger partial charge in [0, 0.05) is 31.4 Å². The van der Waals surface area contributed by atoms with Gasteiger partial charge in [-0.05, 0) is 61.1 Å². The maximum absolute atomic E-state index is 12.5. The average molecular weight is 446 g/mol. The molecular formula is C26H27N3O4. The van der Waals surface area contributed by atoms with E-state index in [4.69, 9.17) is 9.84 Å². The third-order valence-electron chi connectivity index (χ3n) is 5.68. The van der Waals surface area contributed by atoms with Crippen LogP contribution in [-0.4, -0.2) is 59.5 Å². The van der Waals surface area contributed by atoms with E-state index in [0.717, 1.165) is 36.6 Å². The second-order valence-corrected chi connectivity index (χ2v) is 8.25. The molecule has 1 aliphatic heterocycles. The van der Waals surface area contributed by atoms with Crippen molar-refractivity contribution < 1.29 is 19.4 Å². The zero-order valence-electron chi connectivity index (χ0n) is 18.5. The van der Waals surface area contributed by atoms with Gasteiger partial charge < -0.3 is 15.2 Å². The first-order valence-electron chi connectivity index (χ1n) is 10.8. The number of carbonyl (C=O) groups is 2. The van der Waals surface area contributed by atoms with Crippen LogP contribution in [0.25, 0.3) is 0 Å². The number of carbonyl (C=O) groups excluding carboxylic acids is 1. The molecule has 0 bridgehead atoms. The molecule has 1 fully saturated rings. The van der Waals surface area contributed by atoms with Crippen molar-refractivity contribution in [3.63, 3.8) is 0 Å². The Morgan fingerprint density at radius 1 is 0.970 bits per heavy atom. The normalized spacial score (nSPS) is 14.0. The summed E-state index contributed by atoms with van der Waals surface area (Å²) < 4.78 is 5.77. The Balaban J connectivity index is 1.19. The van der Waals surface area contributed by atoms with Crippen LogP contribution in [0.2, 0.25) is 0 Å². The van der Waals surface area contributed by atoms with E-state index in [-0.39, 0.29) is 5.91 Å². The number of carboxylic acid groups (broad SMARTS) is 1. The van der Waals surface area contributed by atoms with Crippen LogP contribution in [0.3, 0.4) is 0 Å². The number of benzene rings is 3. The number of amides is 1. The van der Waals surface area contributed by atoms with Gasteiger partial charge in [-0.3, -0.25) is 14.6 Å². The Bertz CT molecular complexity index is 1080. The summed E-state index contributed by atoms with van der Waals surface area (Å²) in [5, 5.41) is 11.9. The number of aromatic carboxylic acids is 1. The van der Waals surface area contributed by atoms with E-state index in [1.807, 2.05) is 73.8 Å². The molecule has 3 aromatic rings. The second kappa shape index (κ2) is 10.3. The minimum atomic E-state index is -0.915. The van der Waals surface area contributed by atoms with Crippen LogP contribution in [-0.2, 0) is 11.3 Å². The Kier molecular flexibility index (Phi) is 7.02. The van der Waals surface area contributed by atoms with E-state index in [1.54, 1.807) is 12.1 Å². The number of nitrogens with zero attached hydrogens (tertiary/aromatic N) is 2. The molecule has 1 saturated heterocycles. The molecule has 33 heavy (non-hydrogen) atoms. The molecule has 7 heteroatoms. The summed E-state index contributed by atoms with van der Waals surface area (Å²) >= 11 is 0. The number of carboxylic acids is 1. The molecule has 0 atom stereocenters. The highest BCUT2D eigenvalue weighted by Crippen LogP contribution is 2.23. The van der Waals surface area contributed by atoms with Crippen molar-refractivity contribution in [3.8, 4) is 11.5 Å². The highest BCUT2D eigenvalue weighted by molar-refractivity contribution is 5.92. The molecule has 0 unspecified atom stereocenters. The van der Waals surface area contributed by atoms with Crippen LogP contribution in [0, 0.1) is 0 Å². The summed E-state index contributed by atoms with van der Waals surface area (Å²) in [4.78, 5) is 27.7. The SMILES string of the molecule is CN(CC(=O)Nc1ccc(Oc2ccccc2)cc1)C1CN(Cc2ccc(C(=O)O)cc2)C1. The molecule has 170 valence electrons. The Labute approximate surface area is 193 Å². The predicted octanol–water partition coefficient (Wildman–Crippen LogP) is 3.93. The summed E-state index contributed by atoms with van der Waals surface area (Å²) in [5.74, 6) is 0.505. The van der Waals surface area contributed by atoms with Crippen molar-refractivity contribution in [3.05, 3.63) is 90.0 Å². The fourth-order valence-electron chi connectivity index (χ4n) is 3.75. The molecule has 1 heterocycles. The fraction of sp³-hybridized carbons (Fsp3) is 0.231. The molecule has 2 N–H and O–H groups in total. The minimum absolute atomic E-state index is 0.0584. The highest BCUT2D eigenvalue weighted by atomic mass is 16.5. The van der Waals surface area contributed by atoms with E-state index in [2.05, 4.69) is 15.1 Å². The van der Waals surface area contributed by atoms with Crippen molar-refractivity contribution in [1.82, 2.24) is 9.80 Å². The topological polar surface area (TPSA) is 82.1 Å². The monoisotopic (exact) mass is 445 g/mol. The Morgan fingerprint density at radius 2 is 1.61 bits per heavy atom. The largest absolute Gasteiger partial charge is 0.478 e. The van der Waals surface area contributed by atoms with E-state index in [0.29, 0.717) is 23.9 Å². The van der Waals surface area contributed by atoms with Gasteiger partial charge >= 0.3 is 5.97 Å². The number of hydrogen-bond donors (Lipinski definition) is 2.